The number of nitrogens with zero attached hydrogens (tertiary/aromatic N) is 7. The highest BCUT2D eigenvalue weighted by Crippen LogP contribution is 2.32. The zero-order valence-electron chi connectivity index (χ0n) is 18.5. The van der Waals surface area contributed by atoms with E-state index < -0.39 is 10.0 Å². The number of carbonyl (C=O) groups excluding carboxylic acids is 1. The van der Waals surface area contributed by atoms with Gasteiger partial charge in [-0.05, 0) is 41.1 Å². The number of hydrogen-bond donors (Lipinski definition) is 1. The number of hydrogen-bond acceptors (Lipinski definition) is 8. The van der Waals surface area contributed by atoms with Gasteiger partial charge < -0.3 is 10.2 Å². The first kappa shape index (κ1) is 23.9. The van der Waals surface area contributed by atoms with E-state index in [-0.39, 0.29) is 40.0 Å². The van der Waals surface area contributed by atoms with Gasteiger partial charge in [-0.1, -0.05) is 29.3 Å². The summed E-state index contributed by atoms with van der Waals surface area (Å²) in [5, 5.41) is 14.8. The molecular formula is C21H22Cl2N8O3S. The van der Waals surface area contributed by atoms with E-state index in [2.05, 4.69) is 25.8 Å². The molecule has 4 heterocycles. The maximum Gasteiger partial charge on any atom is 0.251 e. The molecule has 0 spiro atoms. The molecule has 2 aromatic heterocycles. The van der Waals surface area contributed by atoms with Crippen LogP contribution in [0.5, 0.6) is 0 Å². The van der Waals surface area contributed by atoms with E-state index in [0.29, 0.717) is 37.4 Å². The highest BCUT2D eigenvalue weighted by Gasteiger charge is 2.32. The molecule has 11 nitrogen and oxygen atoms in total. The lowest BCUT2D eigenvalue weighted by Crippen LogP contribution is -2.49. The van der Waals surface area contributed by atoms with Crippen LogP contribution in [-0.2, 0) is 23.0 Å². The Bertz CT molecular complexity index is 1340. The first-order chi connectivity index (χ1) is 16.8. The van der Waals surface area contributed by atoms with Crippen molar-refractivity contribution in [2.24, 2.45) is 0 Å². The Hall–Kier alpha value is -2.80. The van der Waals surface area contributed by atoms with Crippen LogP contribution < -0.4 is 10.2 Å². The van der Waals surface area contributed by atoms with Crippen LogP contribution in [0.2, 0.25) is 10.0 Å². The molecule has 14 heteroatoms. The molecule has 1 saturated heterocycles. The molecule has 184 valence electrons. The number of halogens is 2. The maximum absolute atomic E-state index is 13.1. The van der Waals surface area contributed by atoms with Crippen LogP contribution in [0.1, 0.15) is 22.6 Å². The molecule has 1 unspecified atom stereocenters. The summed E-state index contributed by atoms with van der Waals surface area (Å²) in [5.41, 5.74) is 0.484. The molecule has 1 aromatic carbocycles. The molecule has 5 rings (SSSR count). The molecule has 1 atom stereocenters. The summed E-state index contributed by atoms with van der Waals surface area (Å²) < 4.78 is 29.3. The lowest BCUT2D eigenvalue weighted by atomic mass is 10.1. The van der Waals surface area contributed by atoms with E-state index in [4.69, 9.17) is 23.2 Å². The molecule has 0 radical (unpaired) electrons. The van der Waals surface area contributed by atoms with Crippen molar-refractivity contribution in [1.29, 1.82) is 0 Å². The van der Waals surface area contributed by atoms with Gasteiger partial charge in [0.25, 0.3) is 5.91 Å². The maximum atomic E-state index is 13.1. The number of tetrazole rings is 1. The molecule has 2 aliphatic heterocycles. The minimum atomic E-state index is -3.84. The van der Waals surface area contributed by atoms with Crippen molar-refractivity contribution in [2.75, 3.05) is 31.1 Å². The standard InChI is InChI=1S/C21H22Cl2N8O3S/c22-16-2-1-3-17(23)20(16)35(33,34)30-10-8-29(9-11-30)18-12-14(4-6-24-18)21(32)25-15-5-7-31-19(13-15)26-27-28-31/h1-4,6,12,15H,5,7-11,13H2,(H,25,32). The van der Waals surface area contributed by atoms with Crippen LogP contribution in [0.3, 0.4) is 0 Å². The molecule has 3 aromatic rings. The molecular weight excluding hydrogens is 515 g/mol. The fraction of sp³-hybridized carbons (Fsp3) is 0.381. The van der Waals surface area contributed by atoms with Crippen LogP contribution in [0.15, 0.2) is 41.4 Å². The number of carbonyl (C=O) groups is 1. The van der Waals surface area contributed by atoms with Crippen LogP contribution in [0.4, 0.5) is 5.82 Å². The lowest BCUT2D eigenvalue weighted by molar-refractivity contribution is 0.0929. The first-order valence-corrected chi connectivity index (χ1v) is 13.2. The molecule has 1 fully saturated rings. The first-order valence-electron chi connectivity index (χ1n) is 11.0. The van der Waals surface area contributed by atoms with Gasteiger partial charge in [-0.25, -0.2) is 18.1 Å². The predicted octanol–water partition coefficient (Wildman–Crippen LogP) is 1.63. The summed E-state index contributed by atoms with van der Waals surface area (Å²) in [6.45, 7) is 1.94. The normalized spacial score (nSPS) is 18.8. The fourth-order valence-electron chi connectivity index (χ4n) is 4.28. The number of aryl methyl sites for hydroxylation is 1. The number of fused-ring (bicyclic) bond motifs is 1. The summed E-state index contributed by atoms with van der Waals surface area (Å²) in [5.74, 6) is 1.16. The molecule has 0 saturated carbocycles. The van der Waals surface area contributed by atoms with Gasteiger partial charge in [-0.15, -0.1) is 5.10 Å². The van der Waals surface area contributed by atoms with E-state index in [1.165, 1.54) is 16.4 Å². The van der Waals surface area contributed by atoms with Crippen molar-refractivity contribution in [3.05, 3.63) is 58.0 Å². The molecule has 0 aliphatic carbocycles. The van der Waals surface area contributed by atoms with Gasteiger partial charge in [-0.2, -0.15) is 4.31 Å². The number of aromatic nitrogens is 5. The SMILES string of the molecule is O=C(NC1CCn2nnnc2C1)c1ccnc(N2CCN(S(=O)(=O)c3c(Cl)cccc3Cl)CC2)c1. The largest absolute Gasteiger partial charge is 0.354 e. The molecule has 2 aliphatic rings. The Morgan fingerprint density at radius 2 is 1.80 bits per heavy atom. The van der Waals surface area contributed by atoms with Crippen LogP contribution in [0, 0.1) is 0 Å². The second-order valence-corrected chi connectivity index (χ2v) is 11.0. The third-order valence-corrected chi connectivity index (χ3v) is 9.00. The second kappa shape index (κ2) is 9.69. The van der Waals surface area contributed by atoms with Crippen molar-refractivity contribution >= 4 is 45.0 Å². The average Bonchev–Trinajstić information content (AvgIpc) is 3.32. The summed E-state index contributed by atoms with van der Waals surface area (Å²) in [6, 6.07) is 7.94. The van der Waals surface area contributed by atoms with Gasteiger partial charge >= 0.3 is 0 Å². The zero-order valence-corrected chi connectivity index (χ0v) is 20.8. The third-order valence-electron chi connectivity index (χ3n) is 6.15. The quantitative estimate of drug-likeness (QED) is 0.521. The Labute approximate surface area is 212 Å². The smallest absolute Gasteiger partial charge is 0.251 e. The van der Waals surface area contributed by atoms with Gasteiger partial charge in [0.15, 0.2) is 5.82 Å². The Kier molecular flexibility index (Phi) is 6.62. The van der Waals surface area contributed by atoms with Crippen LogP contribution in [0.25, 0.3) is 0 Å². The summed E-state index contributed by atoms with van der Waals surface area (Å²) in [7, 11) is -3.84. The highest BCUT2D eigenvalue weighted by atomic mass is 35.5. The van der Waals surface area contributed by atoms with Gasteiger partial charge in [-0.3, -0.25) is 4.79 Å². The molecule has 1 amide bonds. The van der Waals surface area contributed by atoms with E-state index in [0.717, 1.165) is 12.2 Å². The number of piperazine rings is 1. The molecule has 1 N–H and O–H groups in total. The summed E-state index contributed by atoms with van der Waals surface area (Å²) >= 11 is 12.3. The van der Waals surface area contributed by atoms with Gasteiger partial charge in [0, 0.05) is 56.9 Å². The number of anilines is 1. The van der Waals surface area contributed by atoms with E-state index in [1.807, 2.05) is 4.90 Å². The van der Waals surface area contributed by atoms with Crippen molar-refractivity contribution in [3.63, 3.8) is 0 Å². The van der Waals surface area contributed by atoms with Crippen molar-refractivity contribution in [3.8, 4) is 0 Å². The van der Waals surface area contributed by atoms with Crippen molar-refractivity contribution in [1.82, 2.24) is 34.8 Å². The van der Waals surface area contributed by atoms with Crippen LogP contribution in [-0.4, -0.2) is 76.0 Å². The zero-order chi connectivity index (χ0) is 24.6. The van der Waals surface area contributed by atoms with E-state index >= 15 is 0 Å². The van der Waals surface area contributed by atoms with Crippen LogP contribution >= 0.6 is 23.2 Å². The predicted molar refractivity (Wildman–Crippen MR) is 129 cm³/mol. The number of nitrogens with one attached hydrogen (secondary N) is 1. The minimum Gasteiger partial charge on any atom is -0.354 e. The van der Waals surface area contributed by atoms with Crippen molar-refractivity contribution < 1.29 is 13.2 Å². The number of pyridine rings is 1. The van der Waals surface area contributed by atoms with Crippen molar-refractivity contribution in [2.45, 2.75) is 30.3 Å². The van der Waals surface area contributed by atoms with E-state index in [1.54, 1.807) is 29.1 Å². The third kappa shape index (κ3) is 4.83. The lowest BCUT2D eigenvalue weighted by Gasteiger charge is -2.35. The molecule has 0 bridgehead atoms. The Balaban J connectivity index is 1.23. The van der Waals surface area contributed by atoms with Gasteiger partial charge in [0.1, 0.15) is 10.7 Å². The number of amides is 1. The fourth-order valence-corrected chi connectivity index (χ4v) is 6.80. The number of rotatable bonds is 5. The average molecular weight is 537 g/mol. The monoisotopic (exact) mass is 536 g/mol. The highest BCUT2D eigenvalue weighted by molar-refractivity contribution is 7.89. The summed E-state index contributed by atoms with van der Waals surface area (Å²) in [4.78, 5) is 19.1. The minimum absolute atomic E-state index is 0.0528. The Morgan fingerprint density at radius 3 is 2.54 bits per heavy atom. The number of benzene rings is 1. The topological polar surface area (TPSA) is 126 Å². The Morgan fingerprint density at radius 1 is 1.06 bits per heavy atom. The van der Waals surface area contributed by atoms with Gasteiger partial charge in [0.05, 0.1) is 10.0 Å². The molecule has 35 heavy (non-hydrogen) atoms. The second-order valence-electron chi connectivity index (χ2n) is 8.33. The number of sulfonamides is 1. The van der Waals surface area contributed by atoms with E-state index in [9.17, 15) is 13.2 Å². The summed E-state index contributed by atoms with van der Waals surface area (Å²) in [6.07, 6.45) is 2.90. The van der Waals surface area contributed by atoms with Gasteiger partial charge in [0.2, 0.25) is 10.0 Å².